The van der Waals surface area contributed by atoms with Crippen LogP contribution in [-0.4, -0.2) is 39.6 Å². The average molecular weight is 285 g/mol. The van der Waals surface area contributed by atoms with Crippen LogP contribution in [0.15, 0.2) is 37.1 Å². The molecule has 110 valence electrons. The number of piperidine rings is 1. The van der Waals surface area contributed by atoms with Gasteiger partial charge in [-0.05, 0) is 37.6 Å². The van der Waals surface area contributed by atoms with Crippen LogP contribution in [0.1, 0.15) is 23.7 Å². The lowest BCUT2D eigenvalue weighted by Crippen LogP contribution is -2.48. The van der Waals surface area contributed by atoms with Crippen molar-refractivity contribution in [3.63, 3.8) is 0 Å². The van der Waals surface area contributed by atoms with E-state index >= 15 is 0 Å². The molecular weight excluding hydrogens is 266 g/mol. The van der Waals surface area contributed by atoms with Crippen LogP contribution >= 0.6 is 0 Å². The van der Waals surface area contributed by atoms with Gasteiger partial charge < -0.3 is 10.6 Å². The van der Waals surface area contributed by atoms with Gasteiger partial charge in [-0.3, -0.25) is 9.36 Å². The van der Waals surface area contributed by atoms with Crippen LogP contribution in [0.2, 0.25) is 0 Å². The van der Waals surface area contributed by atoms with E-state index in [1.54, 1.807) is 41.6 Å². The summed E-state index contributed by atoms with van der Waals surface area (Å²) in [5, 5.41) is 6.46. The number of hydrogen-bond acceptors (Lipinski definition) is 4. The first-order valence-electron chi connectivity index (χ1n) is 7.20. The van der Waals surface area contributed by atoms with Gasteiger partial charge in [0.2, 0.25) is 0 Å². The van der Waals surface area contributed by atoms with E-state index in [-0.39, 0.29) is 11.9 Å². The van der Waals surface area contributed by atoms with Gasteiger partial charge >= 0.3 is 0 Å². The third-order valence-corrected chi connectivity index (χ3v) is 3.88. The first kappa shape index (κ1) is 13.8. The second kappa shape index (κ2) is 6.05. The smallest absolute Gasteiger partial charge is 0.251 e. The standard InChI is InChI=1S/C15H19N5O/c1-11-9-16-4-3-13(11)19-15(21)12-2-5-18-14(8-12)20-7-6-17-10-20/h2,5-8,10-11,13,16H,3-4,9H2,1H3,(H,19,21). The molecule has 1 saturated heterocycles. The summed E-state index contributed by atoms with van der Waals surface area (Å²) in [7, 11) is 0. The molecule has 0 radical (unpaired) electrons. The Balaban J connectivity index is 1.74. The van der Waals surface area contributed by atoms with Crippen LogP contribution in [0, 0.1) is 5.92 Å². The molecule has 0 spiro atoms. The van der Waals surface area contributed by atoms with Gasteiger partial charge in [-0.15, -0.1) is 0 Å². The van der Waals surface area contributed by atoms with E-state index in [0.29, 0.717) is 17.3 Å². The maximum atomic E-state index is 12.4. The van der Waals surface area contributed by atoms with E-state index in [0.717, 1.165) is 19.5 Å². The molecule has 0 aromatic carbocycles. The lowest BCUT2D eigenvalue weighted by molar-refractivity contribution is 0.0914. The van der Waals surface area contributed by atoms with Crippen molar-refractivity contribution in [1.82, 2.24) is 25.2 Å². The van der Waals surface area contributed by atoms with Gasteiger partial charge in [-0.1, -0.05) is 6.92 Å². The fraction of sp³-hybridized carbons (Fsp3) is 0.400. The van der Waals surface area contributed by atoms with Gasteiger partial charge in [0.1, 0.15) is 12.1 Å². The molecule has 2 aromatic heterocycles. The predicted molar refractivity (Wildman–Crippen MR) is 79.3 cm³/mol. The van der Waals surface area contributed by atoms with E-state index < -0.39 is 0 Å². The number of aromatic nitrogens is 3. The third-order valence-electron chi connectivity index (χ3n) is 3.88. The molecule has 1 aliphatic rings. The highest BCUT2D eigenvalue weighted by Crippen LogP contribution is 2.12. The molecule has 6 nitrogen and oxygen atoms in total. The number of rotatable bonds is 3. The Labute approximate surface area is 123 Å². The van der Waals surface area contributed by atoms with Crippen LogP contribution in [-0.2, 0) is 0 Å². The second-order valence-electron chi connectivity index (χ2n) is 5.42. The van der Waals surface area contributed by atoms with Gasteiger partial charge in [0, 0.05) is 30.2 Å². The second-order valence-corrected chi connectivity index (χ2v) is 5.42. The van der Waals surface area contributed by atoms with Gasteiger partial charge in [-0.2, -0.15) is 0 Å². The van der Waals surface area contributed by atoms with Crippen molar-refractivity contribution >= 4 is 5.91 Å². The van der Waals surface area contributed by atoms with Crippen molar-refractivity contribution in [2.75, 3.05) is 13.1 Å². The number of hydrogen-bond donors (Lipinski definition) is 2. The largest absolute Gasteiger partial charge is 0.349 e. The molecule has 2 unspecified atom stereocenters. The number of carbonyl (C=O) groups excluding carboxylic acids is 1. The van der Waals surface area contributed by atoms with Crippen molar-refractivity contribution in [3.8, 4) is 5.82 Å². The van der Waals surface area contributed by atoms with Crippen LogP contribution < -0.4 is 10.6 Å². The van der Waals surface area contributed by atoms with Gasteiger partial charge in [0.15, 0.2) is 0 Å². The monoisotopic (exact) mass is 285 g/mol. The number of carbonyl (C=O) groups is 1. The van der Waals surface area contributed by atoms with Crippen LogP contribution in [0.25, 0.3) is 5.82 Å². The molecule has 1 aliphatic heterocycles. The summed E-state index contributed by atoms with van der Waals surface area (Å²) in [6.45, 7) is 4.05. The normalized spacial score (nSPS) is 22.0. The molecular formula is C15H19N5O. The first-order valence-corrected chi connectivity index (χ1v) is 7.20. The van der Waals surface area contributed by atoms with Crippen LogP contribution in [0.5, 0.6) is 0 Å². The SMILES string of the molecule is CC1CNCCC1NC(=O)c1ccnc(-n2ccnc2)c1. The Kier molecular flexibility index (Phi) is 3.96. The van der Waals surface area contributed by atoms with Crippen molar-refractivity contribution in [3.05, 3.63) is 42.6 Å². The molecule has 0 aliphatic carbocycles. The summed E-state index contributed by atoms with van der Waals surface area (Å²) in [6.07, 6.45) is 7.77. The minimum Gasteiger partial charge on any atom is -0.349 e. The van der Waals surface area contributed by atoms with E-state index in [2.05, 4.69) is 27.5 Å². The Morgan fingerprint density at radius 1 is 1.48 bits per heavy atom. The highest BCUT2D eigenvalue weighted by Gasteiger charge is 2.23. The van der Waals surface area contributed by atoms with E-state index in [1.165, 1.54) is 0 Å². The molecule has 2 aromatic rings. The fourth-order valence-electron chi connectivity index (χ4n) is 2.58. The number of nitrogens with zero attached hydrogens (tertiary/aromatic N) is 3. The molecule has 2 N–H and O–H groups in total. The number of pyridine rings is 1. The summed E-state index contributed by atoms with van der Waals surface area (Å²) in [5.74, 6) is 1.09. The van der Waals surface area contributed by atoms with Crippen LogP contribution in [0.4, 0.5) is 0 Å². The summed E-state index contributed by atoms with van der Waals surface area (Å²) >= 11 is 0. The van der Waals surface area contributed by atoms with Crippen molar-refractivity contribution < 1.29 is 4.79 Å². The minimum atomic E-state index is -0.0440. The summed E-state index contributed by atoms with van der Waals surface area (Å²) in [6, 6.07) is 3.74. The molecule has 2 atom stereocenters. The molecule has 3 heterocycles. The molecule has 21 heavy (non-hydrogen) atoms. The van der Waals surface area contributed by atoms with Crippen molar-refractivity contribution in [2.45, 2.75) is 19.4 Å². The van der Waals surface area contributed by atoms with Gasteiger partial charge in [0.25, 0.3) is 5.91 Å². The summed E-state index contributed by atoms with van der Waals surface area (Å²) in [4.78, 5) is 20.6. The lowest BCUT2D eigenvalue weighted by Gasteiger charge is -2.30. The lowest BCUT2D eigenvalue weighted by atomic mass is 9.95. The van der Waals surface area contributed by atoms with Crippen molar-refractivity contribution in [2.24, 2.45) is 5.92 Å². The maximum absolute atomic E-state index is 12.4. The highest BCUT2D eigenvalue weighted by atomic mass is 16.1. The zero-order valence-electron chi connectivity index (χ0n) is 12.0. The average Bonchev–Trinajstić information content (AvgIpc) is 3.04. The Hall–Kier alpha value is -2.21. The number of imidazole rings is 1. The number of amides is 1. The number of nitrogens with one attached hydrogen (secondary N) is 2. The zero-order chi connectivity index (χ0) is 14.7. The maximum Gasteiger partial charge on any atom is 0.251 e. The topological polar surface area (TPSA) is 71.8 Å². The molecule has 0 bridgehead atoms. The Morgan fingerprint density at radius 3 is 3.14 bits per heavy atom. The van der Waals surface area contributed by atoms with E-state index in [1.807, 2.05) is 0 Å². The van der Waals surface area contributed by atoms with Crippen molar-refractivity contribution in [1.29, 1.82) is 0 Å². The summed E-state index contributed by atoms with van der Waals surface area (Å²) < 4.78 is 1.78. The molecule has 1 fully saturated rings. The summed E-state index contributed by atoms with van der Waals surface area (Å²) in [5.41, 5.74) is 0.624. The van der Waals surface area contributed by atoms with Crippen LogP contribution in [0.3, 0.4) is 0 Å². The fourth-order valence-corrected chi connectivity index (χ4v) is 2.58. The third kappa shape index (κ3) is 3.11. The van der Waals surface area contributed by atoms with E-state index in [9.17, 15) is 4.79 Å². The molecule has 3 rings (SSSR count). The minimum absolute atomic E-state index is 0.0440. The highest BCUT2D eigenvalue weighted by molar-refractivity contribution is 5.94. The van der Waals surface area contributed by atoms with Gasteiger partial charge in [0.05, 0.1) is 0 Å². The Bertz CT molecular complexity index is 610. The van der Waals surface area contributed by atoms with E-state index in [4.69, 9.17) is 0 Å². The molecule has 6 heteroatoms. The molecule has 0 saturated carbocycles. The molecule has 1 amide bonds. The quantitative estimate of drug-likeness (QED) is 0.882. The Morgan fingerprint density at radius 2 is 2.38 bits per heavy atom. The predicted octanol–water partition coefficient (Wildman–Crippen LogP) is 0.995. The zero-order valence-corrected chi connectivity index (χ0v) is 12.0. The first-order chi connectivity index (χ1) is 10.2. The van der Waals surface area contributed by atoms with Gasteiger partial charge in [-0.25, -0.2) is 9.97 Å².